The zero-order valence-electron chi connectivity index (χ0n) is 12.9. The Kier molecular flexibility index (Phi) is 5.55. The van der Waals surface area contributed by atoms with Gasteiger partial charge in [-0.05, 0) is 19.1 Å². The molecular formula is C16H21N2O4+. The maximum absolute atomic E-state index is 11.7. The summed E-state index contributed by atoms with van der Waals surface area (Å²) in [6, 6.07) is 3.64. The van der Waals surface area contributed by atoms with Crippen LogP contribution in [0.4, 0.5) is 0 Å². The Hall–Kier alpha value is -2.34. The molecule has 0 N–H and O–H groups in total. The minimum Gasteiger partial charge on any atom is -0.467 e. The first-order valence-electron chi connectivity index (χ1n) is 7.02. The van der Waals surface area contributed by atoms with Crippen molar-refractivity contribution in [3.05, 3.63) is 55.0 Å². The normalized spacial score (nSPS) is 12.1. The van der Waals surface area contributed by atoms with Gasteiger partial charge in [0.15, 0.2) is 6.10 Å². The Balaban J connectivity index is 1.91. The SMILES string of the molecule is C=C(C)C(=O)OC(COCc1ccco1)Cn1cc[n+](C)c1. The summed E-state index contributed by atoms with van der Waals surface area (Å²) in [5.74, 6) is 0.320. The zero-order chi connectivity index (χ0) is 15.9. The summed E-state index contributed by atoms with van der Waals surface area (Å²) in [6.07, 6.45) is 6.94. The number of ether oxygens (including phenoxy) is 2. The number of imidazole rings is 1. The van der Waals surface area contributed by atoms with Crippen LogP contribution in [0.3, 0.4) is 0 Å². The summed E-state index contributed by atoms with van der Waals surface area (Å²) < 4.78 is 20.1. The Bertz CT molecular complexity index is 616. The van der Waals surface area contributed by atoms with E-state index in [0.29, 0.717) is 18.7 Å². The number of carbonyl (C=O) groups is 1. The fourth-order valence-electron chi connectivity index (χ4n) is 1.91. The summed E-state index contributed by atoms with van der Waals surface area (Å²) in [4.78, 5) is 11.7. The van der Waals surface area contributed by atoms with Crippen LogP contribution in [0.5, 0.6) is 0 Å². The van der Waals surface area contributed by atoms with Gasteiger partial charge in [0.2, 0.25) is 6.33 Å². The van der Waals surface area contributed by atoms with Crippen LogP contribution < -0.4 is 4.57 Å². The third kappa shape index (κ3) is 4.89. The van der Waals surface area contributed by atoms with Crippen LogP contribution in [-0.4, -0.2) is 23.2 Å². The number of nitrogens with zero attached hydrogens (tertiary/aromatic N) is 2. The van der Waals surface area contributed by atoms with E-state index in [1.54, 1.807) is 19.3 Å². The topological polar surface area (TPSA) is 57.5 Å². The van der Waals surface area contributed by atoms with E-state index in [9.17, 15) is 4.79 Å². The number of aryl methyl sites for hydroxylation is 1. The van der Waals surface area contributed by atoms with Gasteiger partial charge in [0.25, 0.3) is 0 Å². The molecule has 2 heterocycles. The summed E-state index contributed by atoms with van der Waals surface area (Å²) in [7, 11) is 1.93. The van der Waals surface area contributed by atoms with Crippen molar-refractivity contribution in [2.45, 2.75) is 26.2 Å². The number of furan rings is 1. The van der Waals surface area contributed by atoms with Gasteiger partial charge in [-0.1, -0.05) is 6.58 Å². The monoisotopic (exact) mass is 305 g/mol. The summed E-state index contributed by atoms with van der Waals surface area (Å²) in [5, 5.41) is 0. The van der Waals surface area contributed by atoms with Crippen LogP contribution in [0.15, 0.2) is 53.7 Å². The van der Waals surface area contributed by atoms with E-state index in [2.05, 4.69) is 6.58 Å². The van der Waals surface area contributed by atoms with E-state index in [-0.39, 0.29) is 6.61 Å². The van der Waals surface area contributed by atoms with Crippen molar-refractivity contribution in [2.24, 2.45) is 7.05 Å². The first kappa shape index (κ1) is 16.0. The highest BCUT2D eigenvalue weighted by Gasteiger charge is 2.19. The van der Waals surface area contributed by atoms with Crippen molar-refractivity contribution >= 4 is 5.97 Å². The van der Waals surface area contributed by atoms with Crippen LogP contribution >= 0.6 is 0 Å². The van der Waals surface area contributed by atoms with Crippen LogP contribution in [0.1, 0.15) is 12.7 Å². The molecule has 118 valence electrons. The first-order valence-corrected chi connectivity index (χ1v) is 7.02. The van der Waals surface area contributed by atoms with Gasteiger partial charge in [0.05, 0.1) is 19.9 Å². The van der Waals surface area contributed by atoms with E-state index in [4.69, 9.17) is 13.9 Å². The molecule has 0 bridgehead atoms. The molecule has 0 spiro atoms. The lowest BCUT2D eigenvalue weighted by molar-refractivity contribution is -0.671. The number of carbonyl (C=O) groups excluding carboxylic acids is 1. The van der Waals surface area contributed by atoms with Gasteiger partial charge in [-0.3, -0.25) is 0 Å². The van der Waals surface area contributed by atoms with E-state index < -0.39 is 12.1 Å². The highest BCUT2D eigenvalue weighted by atomic mass is 16.6. The molecule has 0 radical (unpaired) electrons. The minimum atomic E-state index is -0.414. The zero-order valence-corrected chi connectivity index (χ0v) is 12.9. The van der Waals surface area contributed by atoms with Crippen molar-refractivity contribution in [3.63, 3.8) is 0 Å². The molecule has 0 aromatic carbocycles. The van der Waals surface area contributed by atoms with Crippen molar-refractivity contribution in [1.82, 2.24) is 4.57 Å². The highest BCUT2D eigenvalue weighted by molar-refractivity contribution is 5.87. The highest BCUT2D eigenvalue weighted by Crippen LogP contribution is 2.06. The molecule has 0 saturated heterocycles. The molecule has 6 heteroatoms. The number of hydrogen-bond acceptors (Lipinski definition) is 4. The maximum atomic E-state index is 11.7. The molecular weight excluding hydrogens is 284 g/mol. The lowest BCUT2D eigenvalue weighted by atomic mass is 10.3. The van der Waals surface area contributed by atoms with Crippen molar-refractivity contribution in [1.29, 1.82) is 0 Å². The van der Waals surface area contributed by atoms with Gasteiger partial charge < -0.3 is 13.9 Å². The quantitative estimate of drug-likeness (QED) is 0.422. The van der Waals surface area contributed by atoms with Gasteiger partial charge in [-0.25, -0.2) is 13.9 Å². The Morgan fingerprint density at radius 3 is 2.95 bits per heavy atom. The summed E-state index contributed by atoms with van der Waals surface area (Å²) in [6.45, 7) is 6.35. The largest absolute Gasteiger partial charge is 0.467 e. The molecule has 2 rings (SSSR count). The van der Waals surface area contributed by atoms with Gasteiger partial charge in [-0.15, -0.1) is 0 Å². The Morgan fingerprint density at radius 2 is 2.36 bits per heavy atom. The smallest absolute Gasteiger partial charge is 0.333 e. The van der Waals surface area contributed by atoms with E-state index in [0.717, 1.165) is 5.76 Å². The van der Waals surface area contributed by atoms with Crippen LogP contribution in [0.2, 0.25) is 0 Å². The van der Waals surface area contributed by atoms with Crippen molar-refractivity contribution in [2.75, 3.05) is 6.61 Å². The number of esters is 1. The number of aromatic nitrogens is 2. The lowest BCUT2D eigenvalue weighted by Gasteiger charge is -2.16. The third-order valence-corrected chi connectivity index (χ3v) is 2.99. The molecule has 0 amide bonds. The molecule has 1 atom stereocenters. The Labute approximate surface area is 129 Å². The second-order valence-electron chi connectivity index (χ2n) is 5.18. The molecule has 0 aliphatic carbocycles. The first-order chi connectivity index (χ1) is 10.5. The maximum Gasteiger partial charge on any atom is 0.333 e. The number of hydrogen-bond donors (Lipinski definition) is 0. The Morgan fingerprint density at radius 1 is 1.55 bits per heavy atom. The summed E-state index contributed by atoms with van der Waals surface area (Å²) >= 11 is 0. The molecule has 2 aromatic heterocycles. The second-order valence-corrected chi connectivity index (χ2v) is 5.18. The lowest BCUT2D eigenvalue weighted by Crippen LogP contribution is -2.30. The van der Waals surface area contributed by atoms with Gasteiger partial charge in [0, 0.05) is 5.57 Å². The van der Waals surface area contributed by atoms with Crippen LogP contribution in [-0.2, 0) is 34.5 Å². The fourth-order valence-corrected chi connectivity index (χ4v) is 1.91. The number of rotatable bonds is 8. The molecule has 1 unspecified atom stereocenters. The standard InChI is InChI=1S/C16H21N2O4/c1-13(2)16(19)22-15(9-18-7-6-17(3)12-18)11-20-10-14-5-4-8-21-14/h4-8,12,15H,1,9-11H2,2-3H3/q+1. The molecule has 0 aliphatic rings. The van der Waals surface area contributed by atoms with E-state index in [1.165, 1.54) is 0 Å². The molecule has 0 aliphatic heterocycles. The van der Waals surface area contributed by atoms with Crippen molar-refractivity contribution < 1.29 is 23.3 Å². The average Bonchev–Trinajstić information content (AvgIpc) is 3.10. The van der Waals surface area contributed by atoms with Gasteiger partial charge >= 0.3 is 5.97 Å². The summed E-state index contributed by atoms with van der Waals surface area (Å²) in [5.41, 5.74) is 0.370. The van der Waals surface area contributed by atoms with Crippen LogP contribution in [0.25, 0.3) is 0 Å². The van der Waals surface area contributed by atoms with E-state index in [1.807, 2.05) is 41.0 Å². The molecule has 0 saturated carbocycles. The van der Waals surface area contributed by atoms with Crippen LogP contribution in [0, 0.1) is 0 Å². The minimum absolute atomic E-state index is 0.279. The van der Waals surface area contributed by atoms with Crippen molar-refractivity contribution in [3.8, 4) is 0 Å². The molecule has 0 fully saturated rings. The van der Waals surface area contributed by atoms with Gasteiger partial charge in [-0.2, -0.15) is 0 Å². The molecule has 2 aromatic rings. The molecule has 22 heavy (non-hydrogen) atoms. The fraction of sp³-hybridized carbons (Fsp3) is 0.375. The predicted molar refractivity (Wildman–Crippen MR) is 78.7 cm³/mol. The van der Waals surface area contributed by atoms with E-state index >= 15 is 0 Å². The van der Waals surface area contributed by atoms with Gasteiger partial charge in [0.1, 0.15) is 31.3 Å². The third-order valence-electron chi connectivity index (χ3n) is 2.99. The second kappa shape index (κ2) is 7.61. The average molecular weight is 305 g/mol. The molecule has 6 nitrogen and oxygen atoms in total. The predicted octanol–water partition coefficient (Wildman–Crippen LogP) is 1.61.